The van der Waals surface area contributed by atoms with Gasteiger partial charge in [0.05, 0.1) is 18.5 Å². The molecule has 0 radical (unpaired) electrons. The van der Waals surface area contributed by atoms with Crippen molar-refractivity contribution in [3.05, 3.63) is 59.7 Å². The standard InChI is InChI=1S/C22H30N2O4S/c1-5-6-18(3)23-22(25)16-28-21-13-11-20(12-14-21)24(29(4,26)27)15-19-9-7-17(2)8-10-19/h7-14,18H,5-6,15-16H2,1-4H3,(H,23,25)/t18-/m1/s1. The van der Waals surface area contributed by atoms with Gasteiger partial charge in [0, 0.05) is 6.04 Å². The zero-order valence-corrected chi connectivity index (χ0v) is 18.3. The molecule has 0 aromatic heterocycles. The van der Waals surface area contributed by atoms with E-state index in [0.717, 1.165) is 24.0 Å². The SMILES string of the molecule is CCC[C@@H](C)NC(=O)COc1ccc(N(Cc2ccc(C)cc2)S(C)(=O)=O)cc1. The summed E-state index contributed by atoms with van der Waals surface area (Å²) in [5.74, 6) is 0.336. The van der Waals surface area contributed by atoms with E-state index in [0.29, 0.717) is 11.4 Å². The van der Waals surface area contributed by atoms with Crippen molar-refractivity contribution in [1.29, 1.82) is 0 Å². The highest BCUT2D eigenvalue weighted by Crippen LogP contribution is 2.24. The molecule has 0 fully saturated rings. The molecule has 0 saturated heterocycles. The third-order valence-corrected chi connectivity index (χ3v) is 5.61. The summed E-state index contributed by atoms with van der Waals surface area (Å²) < 4.78 is 31.5. The molecule has 158 valence electrons. The number of anilines is 1. The second-order valence-electron chi connectivity index (χ2n) is 7.30. The van der Waals surface area contributed by atoms with E-state index in [1.807, 2.05) is 38.1 Å². The molecule has 1 amide bonds. The third-order valence-electron chi connectivity index (χ3n) is 4.47. The van der Waals surface area contributed by atoms with E-state index in [1.54, 1.807) is 24.3 Å². The molecule has 1 N–H and O–H groups in total. The number of hydrogen-bond donors (Lipinski definition) is 1. The van der Waals surface area contributed by atoms with Crippen molar-refractivity contribution in [1.82, 2.24) is 5.32 Å². The lowest BCUT2D eigenvalue weighted by Crippen LogP contribution is -2.35. The Hall–Kier alpha value is -2.54. The lowest BCUT2D eigenvalue weighted by atomic mass is 10.1. The molecule has 2 aromatic carbocycles. The Morgan fingerprint density at radius 1 is 1.10 bits per heavy atom. The topological polar surface area (TPSA) is 75.7 Å². The molecule has 0 bridgehead atoms. The average molecular weight is 419 g/mol. The van der Waals surface area contributed by atoms with Crippen LogP contribution in [0.3, 0.4) is 0 Å². The first kappa shape index (κ1) is 22.7. The molecule has 2 rings (SSSR count). The number of aryl methyl sites for hydroxylation is 1. The molecule has 1 atom stereocenters. The van der Waals surface area contributed by atoms with Crippen molar-refractivity contribution in [2.75, 3.05) is 17.2 Å². The molecule has 0 saturated carbocycles. The molecule has 0 aliphatic carbocycles. The van der Waals surface area contributed by atoms with E-state index >= 15 is 0 Å². The summed E-state index contributed by atoms with van der Waals surface area (Å²) in [6, 6.07) is 14.6. The zero-order valence-electron chi connectivity index (χ0n) is 17.5. The van der Waals surface area contributed by atoms with E-state index < -0.39 is 10.0 Å². The fourth-order valence-electron chi connectivity index (χ4n) is 2.94. The van der Waals surface area contributed by atoms with Gasteiger partial charge < -0.3 is 10.1 Å². The van der Waals surface area contributed by atoms with Crippen LogP contribution in [0, 0.1) is 6.92 Å². The highest BCUT2D eigenvalue weighted by atomic mass is 32.2. The van der Waals surface area contributed by atoms with Crippen LogP contribution in [0.2, 0.25) is 0 Å². The highest BCUT2D eigenvalue weighted by molar-refractivity contribution is 7.92. The number of nitrogens with one attached hydrogen (secondary N) is 1. The van der Waals surface area contributed by atoms with Crippen LogP contribution in [0.5, 0.6) is 5.75 Å². The first-order chi connectivity index (χ1) is 13.7. The van der Waals surface area contributed by atoms with Crippen LogP contribution in [0.25, 0.3) is 0 Å². The van der Waals surface area contributed by atoms with Gasteiger partial charge in [-0.15, -0.1) is 0 Å². The van der Waals surface area contributed by atoms with Gasteiger partial charge in [0.2, 0.25) is 10.0 Å². The van der Waals surface area contributed by atoms with E-state index in [1.165, 1.54) is 10.6 Å². The van der Waals surface area contributed by atoms with Gasteiger partial charge in [0.1, 0.15) is 5.75 Å². The first-order valence-electron chi connectivity index (χ1n) is 9.74. The van der Waals surface area contributed by atoms with E-state index in [9.17, 15) is 13.2 Å². The summed E-state index contributed by atoms with van der Waals surface area (Å²) in [6.07, 6.45) is 3.11. The quantitative estimate of drug-likeness (QED) is 0.639. The number of sulfonamides is 1. The predicted octanol–water partition coefficient (Wildman–Crippen LogP) is 3.64. The number of nitrogens with zero attached hydrogens (tertiary/aromatic N) is 1. The molecule has 0 spiro atoms. The van der Waals surface area contributed by atoms with E-state index in [-0.39, 0.29) is 25.1 Å². The summed E-state index contributed by atoms with van der Waals surface area (Å²) in [6.45, 7) is 6.19. The Morgan fingerprint density at radius 2 is 1.72 bits per heavy atom. The number of carbonyl (C=O) groups excluding carboxylic acids is 1. The monoisotopic (exact) mass is 418 g/mol. The molecular weight excluding hydrogens is 388 g/mol. The molecular formula is C22H30N2O4S. The van der Waals surface area contributed by atoms with Crippen LogP contribution in [0.15, 0.2) is 48.5 Å². The molecule has 0 aliphatic rings. The molecule has 6 nitrogen and oxygen atoms in total. The summed E-state index contributed by atoms with van der Waals surface area (Å²) >= 11 is 0. The van der Waals surface area contributed by atoms with Gasteiger partial charge in [-0.25, -0.2) is 8.42 Å². The number of carbonyl (C=O) groups is 1. The van der Waals surface area contributed by atoms with Gasteiger partial charge in [-0.3, -0.25) is 9.10 Å². The van der Waals surface area contributed by atoms with Crippen LogP contribution in [0.1, 0.15) is 37.8 Å². The van der Waals surface area contributed by atoms with Gasteiger partial charge in [0.25, 0.3) is 5.91 Å². The Kier molecular flexibility index (Phi) is 8.08. The maximum absolute atomic E-state index is 12.3. The number of amides is 1. The first-order valence-corrected chi connectivity index (χ1v) is 11.6. The Bertz CT molecular complexity index is 893. The van der Waals surface area contributed by atoms with Crippen LogP contribution in [0.4, 0.5) is 5.69 Å². The summed E-state index contributed by atoms with van der Waals surface area (Å²) in [5.41, 5.74) is 2.56. The van der Waals surface area contributed by atoms with Crippen LogP contribution in [-0.2, 0) is 21.4 Å². The minimum absolute atomic E-state index is 0.0768. The van der Waals surface area contributed by atoms with Crippen molar-refractivity contribution < 1.29 is 17.9 Å². The van der Waals surface area contributed by atoms with Crippen molar-refractivity contribution in [3.8, 4) is 5.75 Å². The lowest BCUT2D eigenvalue weighted by Gasteiger charge is -2.23. The Morgan fingerprint density at radius 3 is 2.28 bits per heavy atom. The van der Waals surface area contributed by atoms with Gasteiger partial charge in [-0.1, -0.05) is 43.2 Å². The van der Waals surface area contributed by atoms with Gasteiger partial charge in [-0.2, -0.15) is 0 Å². The molecule has 29 heavy (non-hydrogen) atoms. The van der Waals surface area contributed by atoms with Gasteiger partial charge >= 0.3 is 0 Å². The Balaban J connectivity index is 2.03. The van der Waals surface area contributed by atoms with Crippen molar-refractivity contribution >= 4 is 21.6 Å². The van der Waals surface area contributed by atoms with Crippen molar-refractivity contribution in [3.63, 3.8) is 0 Å². The minimum Gasteiger partial charge on any atom is -0.484 e. The van der Waals surface area contributed by atoms with Crippen LogP contribution in [-0.4, -0.2) is 33.2 Å². The second kappa shape index (κ2) is 10.3. The fourth-order valence-corrected chi connectivity index (χ4v) is 3.83. The van der Waals surface area contributed by atoms with Gasteiger partial charge in [-0.05, 0) is 50.1 Å². The average Bonchev–Trinajstić information content (AvgIpc) is 2.65. The number of ether oxygens (including phenoxy) is 1. The molecule has 0 aliphatic heterocycles. The third kappa shape index (κ3) is 7.42. The number of hydrogen-bond acceptors (Lipinski definition) is 4. The van der Waals surface area contributed by atoms with Gasteiger partial charge in [0.15, 0.2) is 6.61 Å². The smallest absolute Gasteiger partial charge is 0.258 e. The predicted molar refractivity (Wildman–Crippen MR) is 117 cm³/mol. The summed E-state index contributed by atoms with van der Waals surface area (Å²) in [7, 11) is -3.46. The number of rotatable bonds is 10. The van der Waals surface area contributed by atoms with Crippen molar-refractivity contribution in [2.24, 2.45) is 0 Å². The van der Waals surface area contributed by atoms with Crippen LogP contribution < -0.4 is 14.4 Å². The largest absolute Gasteiger partial charge is 0.484 e. The Labute approximate surface area is 173 Å². The minimum atomic E-state index is -3.46. The number of benzene rings is 2. The highest BCUT2D eigenvalue weighted by Gasteiger charge is 2.18. The van der Waals surface area contributed by atoms with Crippen molar-refractivity contribution in [2.45, 2.75) is 46.2 Å². The summed E-state index contributed by atoms with van der Waals surface area (Å²) in [4.78, 5) is 11.9. The molecule has 7 heteroatoms. The van der Waals surface area contributed by atoms with E-state index in [2.05, 4.69) is 12.2 Å². The second-order valence-corrected chi connectivity index (χ2v) is 9.20. The zero-order chi connectivity index (χ0) is 21.4. The van der Waals surface area contributed by atoms with E-state index in [4.69, 9.17) is 4.74 Å². The maximum atomic E-state index is 12.3. The summed E-state index contributed by atoms with van der Waals surface area (Å²) in [5, 5.41) is 2.88. The lowest BCUT2D eigenvalue weighted by molar-refractivity contribution is -0.123. The maximum Gasteiger partial charge on any atom is 0.258 e. The normalized spacial score (nSPS) is 12.3. The fraction of sp³-hybridized carbons (Fsp3) is 0.409. The van der Waals surface area contributed by atoms with Crippen LogP contribution >= 0.6 is 0 Å². The molecule has 2 aromatic rings. The molecule has 0 heterocycles. The molecule has 0 unspecified atom stereocenters.